The Morgan fingerprint density at radius 3 is 2.76 bits per heavy atom. The van der Waals surface area contributed by atoms with Crippen LogP contribution in [-0.2, 0) is 19.6 Å². The van der Waals surface area contributed by atoms with E-state index >= 15 is 0 Å². The van der Waals surface area contributed by atoms with Gasteiger partial charge in [0.1, 0.15) is 15.9 Å². The Bertz CT molecular complexity index is 1070. The zero-order chi connectivity index (χ0) is 20.2. The molecule has 29 heavy (non-hydrogen) atoms. The molecule has 1 unspecified atom stereocenters. The van der Waals surface area contributed by atoms with Gasteiger partial charge in [0.2, 0.25) is 21.8 Å². The standard InChI is InChI=1S/C18H21N5O4S2/c24-16-6-12(18(25)19-7-11-4-5-11)8-23(16)13-9-22(10-13)29(26,27)15-3-1-2-14-17(15)21-28-20-14/h1-3,11-13H,4-10H2,(H,19,25). The third kappa shape index (κ3) is 3.40. The lowest BCUT2D eigenvalue weighted by Crippen LogP contribution is -2.61. The fraction of sp³-hybridized carbons (Fsp3) is 0.556. The number of likely N-dealkylation sites (tertiary alicyclic amines) is 1. The Labute approximate surface area is 172 Å². The van der Waals surface area contributed by atoms with Gasteiger partial charge in [-0.3, -0.25) is 9.59 Å². The van der Waals surface area contributed by atoms with Crippen LogP contribution in [0.15, 0.2) is 23.1 Å². The molecule has 1 N–H and O–H groups in total. The molecular formula is C18H21N5O4S2. The van der Waals surface area contributed by atoms with E-state index in [-0.39, 0.29) is 48.2 Å². The van der Waals surface area contributed by atoms with Crippen molar-refractivity contribution in [2.45, 2.75) is 30.2 Å². The van der Waals surface area contributed by atoms with Gasteiger partial charge in [-0.1, -0.05) is 6.07 Å². The summed E-state index contributed by atoms with van der Waals surface area (Å²) in [5, 5.41) is 2.94. The molecule has 0 bridgehead atoms. The molecule has 3 aliphatic rings. The summed E-state index contributed by atoms with van der Waals surface area (Å²) < 4.78 is 35.6. The molecule has 3 heterocycles. The molecule has 2 aromatic rings. The second kappa shape index (κ2) is 6.99. The number of nitrogens with zero attached hydrogens (tertiary/aromatic N) is 4. The molecule has 1 saturated carbocycles. The summed E-state index contributed by atoms with van der Waals surface area (Å²) in [6.45, 7) is 1.52. The second-order valence-electron chi connectivity index (χ2n) is 8.00. The highest BCUT2D eigenvalue weighted by Gasteiger charge is 2.46. The van der Waals surface area contributed by atoms with Crippen LogP contribution >= 0.6 is 11.7 Å². The van der Waals surface area contributed by atoms with Gasteiger partial charge in [-0.2, -0.15) is 13.1 Å². The molecular weight excluding hydrogens is 414 g/mol. The molecule has 1 aliphatic carbocycles. The van der Waals surface area contributed by atoms with Crippen molar-refractivity contribution in [3.8, 4) is 0 Å². The summed E-state index contributed by atoms with van der Waals surface area (Å²) in [5.74, 6) is 0.0975. The number of aromatic nitrogens is 2. The molecule has 2 amide bonds. The van der Waals surface area contributed by atoms with Crippen molar-refractivity contribution in [2.24, 2.45) is 11.8 Å². The first-order valence-corrected chi connectivity index (χ1v) is 11.9. The Morgan fingerprint density at radius 1 is 1.21 bits per heavy atom. The van der Waals surface area contributed by atoms with Crippen LogP contribution in [0.2, 0.25) is 0 Å². The van der Waals surface area contributed by atoms with Crippen molar-refractivity contribution in [1.29, 1.82) is 0 Å². The minimum absolute atomic E-state index is 0.0701. The van der Waals surface area contributed by atoms with E-state index < -0.39 is 10.0 Å². The van der Waals surface area contributed by atoms with Crippen molar-refractivity contribution in [3.05, 3.63) is 18.2 Å². The molecule has 9 nitrogen and oxygen atoms in total. The maximum absolute atomic E-state index is 13.0. The SMILES string of the molecule is O=C(NCC1CC1)C1CC(=O)N(C2CN(S(=O)(=O)c3cccc4nsnc34)C2)C1. The van der Waals surface area contributed by atoms with Gasteiger partial charge in [-0.15, -0.1) is 0 Å². The first kappa shape index (κ1) is 18.9. The number of sulfonamides is 1. The third-order valence-corrected chi connectivity index (χ3v) is 8.33. The van der Waals surface area contributed by atoms with Gasteiger partial charge in [-0.25, -0.2) is 8.42 Å². The zero-order valence-corrected chi connectivity index (χ0v) is 17.3. The lowest BCUT2D eigenvalue weighted by molar-refractivity contribution is -0.132. The van der Waals surface area contributed by atoms with Gasteiger partial charge >= 0.3 is 0 Å². The van der Waals surface area contributed by atoms with Crippen molar-refractivity contribution in [1.82, 2.24) is 23.3 Å². The number of amides is 2. The van der Waals surface area contributed by atoms with E-state index in [0.29, 0.717) is 30.0 Å². The zero-order valence-electron chi connectivity index (χ0n) is 15.7. The quantitative estimate of drug-likeness (QED) is 0.705. The van der Waals surface area contributed by atoms with Gasteiger partial charge < -0.3 is 10.2 Å². The van der Waals surface area contributed by atoms with E-state index in [1.54, 1.807) is 17.0 Å². The Balaban J connectivity index is 1.23. The number of carbonyl (C=O) groups is 2. The minimum Gasteiger partial charge on any atom is -0.356 e. The smallest absolute Gasteiger partial charge is 0.245 e. The number of hydrogen-bond acceptors (Lipinski definition) is 7. The molecule has 1 atom stereocenters. The number of carbonyl (C=O) groups excluding carboxylic acids is 2. The highest BCUT2D eigenvalue weighted by molar-refractivity contribution is 7.89. The van der Waals surface area contributed by atoms with E-state index in [4.69, 9.17) is 0 Å². The van der Waals surface area contributed by atoms with Gasteiger partial charge in [0.15, 0.2) is 0 Å². The van der Waals surface area contributed by atoms with Crippen LogP contribution < -0.4 is 5.32 Å². The molecule has 0 spiro atoms. The Hall–Kier alpha value is -2.11. The molecule has 2 saturated heterocycles. The molecule has 1 aromatic carbocycles. The average molecular weight is 436 g/mol. The van der Waals surface area contributed by atoms with E-state index in [9.17, 15) is 18.0 Å². The molecule has 11 heteroatoms. The lowest BCUT2D eigenvalue weighted by atomic mass is 10.1. The predicted octanol–water partition coefficient (Wildman–Crippen LogP) is 0.439. The largest absolute Gasteiger partial charge is 0.356 e. The van der Waals surface area contributed by atoms with Gasteiger partial charge in [0.25, 0.3) is 0 Å². The summed E-state index contributed by atoms with van der Waals surface area (Å²) in [5.41, 5.74) is 0.938. The van der Waals surface area contributed by atoms with Gasteiger partial charge in [0, 0.05) is 32.6 Å². The van der Waals surface area contributed by atoms with Crippen molar-refractivity contribution in [3.63, 3.8) is 0 Å². The number of rotatable bonds is 6. The first-order valence-electron chi connectivity index (χ1n) is 9.72. The molecule has 5 rings (SSSR count). The maximum Gasteiger partial charge on any atom is 0.245 e. The number of benzene rings is 1. The van der Waals surface area contributed by atoms with Crippen molar-refractivity contribution >= 4 is 44.6 Å². The third-order valence-electron chi connectivity index (χ3n) is 5.93. The predicted molar refractivity (Wildman–Crippen MR) is 106 cm³/mol. The van der Waals surface area contributed by atoms with Crippen molar-refractivity contribution in [2.75, 3.05) is 26.2 Å². The van der Waals surface area contributed by atoms with Crippen LogP contribution in [0.3, 0.4) is 0 Å². The fourth-order valence-corrected chi connectivity index (χ4v) is 6.18. The highest BCUT2D eigenvalue weighted by atomic mass is 32.2. The fourth-order valence-electron chi connectivity index (χ4n) is 3.91. The van der Waals surface area contributed by atoms with E-state index in [1.807, 2.05) is 0 Å². The van der Waals surface area contributed by atoms with E-state index in [0.717, 1.165) is 24.6 Å². The van der Waals surface area contributed by atoms with Crippen LogP contribution in [0.5, 0.6) is 0 Å². The van der Waals surface area contributed by atoms with Crippen LogP contribution in [0, 0.1) is 11.8 Å². The lowest BCUT2D eigenvalue weighted by Gasteiger charge is -2.42. The van der Waals surface area contributed by atoms with Crippen LogP contribution in [0.1, 0.15) is 19.3 Å². The first-order chi connectivity index (χ1) is 13.9. The highest BCUT2D eigenvalue weighted by Crippen LogP contribution is 2.32. The normalized spacial score (nSPS) is 23.5. The number of fused-ring (bicyclic) bond motifs is 1. The Morgan fingerprint density at radius 2 is 2.00 bits per heavy atom. The summed E-state index contributed by atoms with van der Waals surface area (Å²) in [7, 11) is -3.70. The molecule has 2 aliphatic heterocycles. The average Bonchev–Trinajstić information content (AvgIpc) is 3.22. The maximum atomic E-state index is 13.0. The molecule has 154 valence electrons. The minimum atomic E-state index is -3.70. The second-order valence-corrected chi connectivity index (χ2v) is 10.4. The van der Waals surface area contributed by atoms with E-state index in [1.165, 1.54) is 10.4 Å². The summed E-state index contributed by atoms with van der Waals surface area (Å²) in [6.07, 6.45) is 2.52. The molecule has 1 aromatic heterocycles. The van der Waals surface area contributed by atoms with Gasteiger partial charge in [0.05, 0.1) is 23.7 Å². The summed E-state index contributed by atoms with van der Waals surface area (Å²) >= 11 is 0.980. The van der Waals surface area contributed by atoms with Crippen LogP contribution in [0.4, 0.5) is 0 Å². The molecule has 3 fully saturated rings. The monoisotopic (exact) mass is 435 g/mol. The van der Waals surface area contributed by atoms with Crippen LogP contribution in [-0.4, -0.2) is 70.4 Å². The Kier molecular flexibility index (Phi) is 4.56. The van der Waals surface area contributed by atoms with Gasteiger partial charge in [-0.05, 0) is 30.9 Å². The van der Waals surface area contributed by atoms with Crippen molar-refractivity contribution < 1.29 is 18.0 Å². The number of hydrogen-bond donors (Lipinski definition) is 1. The van der Waals surface area contributed by atoms with Crippen LogP contribution in [0.25, 0.3) is 11.0 Å². The van der Waals surface area contributed by atoms with E-state index in [2.05, 4.69) is 14.1 Å². The summed E-state index contributed by atoms with van der Waals surface area (Å²) in [6, 6.07) is 4.73. The number of nitrogens with one attached hydrogen (secondary N) is 1. The topological polar surface area (TPSA) is 113 Å². The summed E-state index contributed by atoms with van der Waals surface area (Å²) in [4.78, 5) is 26.5. The molecule has 0 radical (unpaired) electrons.